The Morgan fingerprint density at radius 2 is 1.94 bits per heavy atom. The third-order valence-electron chi connectivity index (χ3n) is 3.07. The third-order valence-corrected chi connectivity index (χ3v) is 3.53. The van der Waals surface area contributed by atoms with Gasteiger partial charge in [-0.2, -0.15) is 0 Å². The highest BCUT2D eigenvalue weighted by Gasteiger charge is 2.24. The van der Waals surface area contributed by atoms with Gasteiger partial charge in [-0.1, -0.05) is 29.8 Å². The first kappa shape index (κ1) is 11.9. The molecule has 2 aliphatic rings. The van der Waals surface area contributed by atoms with E-state index in [9.17, 15) is 0 Å². The largest absolute Gasteiger partial charge is 0.369 e. The average Bonchev–Trinajstić information content (AvgIpc) is 2.58. The quantitative estimate of drug-likeness (QED) is 0.787. The van der Waals surface area contributed by atoms with Gasteiger partial charge in [0.2, 0.25) is 0 Å². The van der Waals surface area contributed by atoms with E-state index in [1.165, 1.54) is 34.3 Å². The van der Waals surface area contributed by atoms with E-state index < -0.39 is 0 Å². The fourth-order valence-corrected chi connectivity index (χ4v) is 3.03. The van der Waals surface area contributed by atoms with E-state index in [0.29, 0.717) is 0 Å². The summed E-state index contributed by atoms with van der Waals surface area (Å²) in [5.74, 6) is 0. The van der Waals surface area contributed by atoms with Gasteiger partial charge in [0.1, 0.15) is 0 Å². The fraction of sp³-hybridized carbons (Fsp3) is 0.538. The second-order valence-electron chi connectivity index (χ2n) is 3.99. The summed E-state index contributed by atoms with van der Waals surface area (Å²) in [5, 5.41) is 3.46. The average molecular weight is 283 g/mol. The van der Waals surface area contributed by atoms with Crippen LogP contribution in [0.15, 0.2) is 16.6 Å². The van der Waals surface area contributed by atoms with Crippen LogP contribution in [0.5, 0.6) is 0 Å². The molecular formula is C13H19BrN2. The number of rotatable bonds is 0. The highest BCUT2D eigenvalue weighted by Crippen LogP contribution is 2.35. The Balaban J connectivity index is 0.000000457. The van der Waals surface area contributed by atoms with E-state index in [2.05, 4.69) is 38.3 Å². The number of anilines is 1. The molecule has 0 amide bonds. The summed E-state index contributed by atoms with van der Waals surface area (Å²) in [7, 11) is 0. The predicted octanol–water partition coefficient (Wildman–Crippen LogP) is 2.94. The van der Waals surface area contributed by atoms with Crippen LogP contribution in [0.25, 0.3) is 0 Å². The van der Waals surface area contributed by atoms with Gasteiger partial charge in [0, 0.05) is 36.3 Å². The summed E-state index contributed by atoms with van der Waals surface area (Å²) >= 11 is 3.58. The zero-order valence-corrected chi connectivity index (χ0v) is 11.6. The maximum absolute atomic E-state index is 3.58. The second kappa shape index (κ2) is 5.19. The summed E-state index contributed by atoms with van der Waals surface area (Å²) in [4.78, 5) is 2.51. The zero-order chi connectivity index (χ0) is 11.5. The van der Waals surface area contributed by atoms with Crippen molar-refractivity contribution in [3.05, 3.63) is 27.7 Å². The van der Waals surface area contributed by atoms with Gasteiger partial charge in [-0.15, -0.1) is 0 Å². The van der Waals surface area contributed by atoms with E-state index in [1.807, 2.05) is 13.8 Å². The lowest BCUT2D eigenvalue weighted by Crippen LogP contribution is -2.27. The molecule has 3 heteroatoms. The first-order valence-electron chi connectivity index (χ1n) is 6.11. The van der Waals surface area contributed by atoms with Crippen LogP contribution >= 0.6 is 15.9 Å². The number of benzene rings is 1. The lowest BCUT2D eigenvalue weighted by molar-refractivity contribution is 0.692. The first-order valence-corrected chi connectivity index (χ1v) is 6.91. The summed E-state index contributed by atoms with van der Waals surface area (Å²) in [6.07, 6.45) is 1.21. The number of nitrogens with zero attached hydrogens (tertiary/aromatic N) is 1. The highest BCUT2D eigenvalue weighted by atomic mass is 79.9. The van der Waals surface area contributed by atoms with E-state index in [1.54, 1.807) is 0 Å². The maximum Gasteiger partial charge on any atom is 0.0446 e. The molecule has 0 aromatic heterocycles. The van der Waals surface area contributed by atoms with Crippen molar-refractivity contribution in [3.8, 4) is 0 Å². The van der Waals surface area contributed by atoms with Crippen LogP contribution in [0, 0.1) is 0 Å². The van der Waals surface area contributed by atoms with Gasteiger partial charge in [0.15, 0.2) is 0 Å². The molecule has 1 aromatic carbocycles. The summed E-state index contributed by atoms with van der Waals surface area (Å²) in [5.41, 5.74) is 4.46. The topological polar surface area (TPSA) is 15.3 Å². The van der Waals surface area contributed by atoms with Gasteiger partial charge in [-0.3, -0.25) is 0 Å². The van der Waals surface area contributed by atoms with Crippen molar-refractivity contribution in [3.63, 3.8) is 0 Å². The Bertz CT molecular complexity index is 376. The van der Waals surface area contributed by atoms with E-state index in [-0.39, 0.29) is 0 Å². The molecule has 0 spiro atoms. The van der Waals surface area contributed by atoms with Crippen LogP contribution in [-0.2, 0) is 13.0 Å². The molecule has 16 heavy (non-hydrogen) atoms. The Morgan fingerprint density at radius 1 is 1.19 bits per heavy atom. The molecule has 2 heterocycles. The molecule has 0 fully saturated rings. The summed E-state index contributed by atoms with van der Waals surface area (Å²) in [6.45, 7) is 8.46. The van der Waals surface area contributed by atoms with Crippen molar-refractivity contribution in [2.24, 2.45) is 0 Å². The van der Waals surface area contributed by atoms with Crippen LogP contribution in [0.2, 0.25) is 0 Å². The molecule has 0 bridgehead atoms. The lowest BCUT2D eigenvalue weighted by Gasteiger charge is -2.18. The molecule has 0 aliphatic carbocycles. The SMILES string of the molecule is Brc1cc2c3c(c1)CNCCN3CC2.CC. The predicted molar refractivity (Wildman–Crippen MR) is 73.1 cm³/mol. The Labute approximate surface area is 106 Å². The molecule has 2 aliphatic heterocycles. The van der Waals surface area contributed by atoms with Crippen LogP contribution in [-0.4, -0.2) is 19.6 Å². The molecular weight excluding hydrogens is 264 g/mol. The van der Waals surface area contributed by atoms with Crippen molar-refractivity contribution < 1.29 is 0 Å². The Kier molecular flexibility index (Phi) is 3.87. The maximum atomic E-state index is 3.58. The molecule has 2 nitrogen and oxygen atoms in total. The van der Waals surface area contributed by atoms with Crippen molar-refractivity contribution in [2.75, 3.05) is 24.5 Å². The van der Waals surface area contributed by atoms with Crippen LogP contribution in [0.1, 0.15) is 25.0 Å². The number of nitrogens with one attached hydrogen (secondary N) is 1. The first-order chi connectivity index (χ1) is 7.84. The highest BCUT2D eigenvalue weighted by molar-refractivity contribution is 9.10. The minimum Gasteiger partial charge on any atom is -0.369 e. The minimum absolute atomic E-state index is 1.01. The Morgan fingerprint density at radius 3 is 2.75 bits per heavy atom. The van der Waals surface area contributed by atoms with Crippen molar-refractivity contribution in [2.45, 2.75) is 26.8 Å². The second-order valence-corrected chi connectivity index (χ2v) is 4.90. The van der Waals surface area contributed by atoms with Crippen molar-refractivity contribution in [1.82, 2.24) is 5.32 Å². The molecule has 88 valence electrons. The molecule has 1 aromatic rings. The Hall–Kier alpha value is -0.540. The minimum atomic E-state index is 1.01. The molecule has 3 rings (SSSR count). The van der Waals surface area contributed by atoms with Gasteiger partial charge in [0.25, 0.3) is 0 Å². The lowest BCUT2D eigenvalue weighted by atomic mass is 10.1. The fourth-order valence-electron chi connectivity index (χ4n) is 2.48. The van der Waals surface area contributed by atoms with Crippen molar-refractivity contribution in [1.29, 1.82) is 0 Å². The van der Waals surface area contributed by atoms with E-state index >= 15 is 0 Å². The molecule has 0 saturated heterocycles. The van der Waals surface area contributed by atoms with Crippen LogP contribution < -0.4 is 10.2 Å². The van der Waals surface area contributed by atoms with Gasteiger partial charge >= 0.3 is 0 Å². The smallest absolute Gasteiger partial charge is 0.0446 e. The molecule has 0 radical (unpaired) electrons. The van der Waals surface area contributed by atoms with E-state index in [0.717, 1.165) is 19.6 Å². The van der Waals surface area contributed by atoms with Gasteiger partial charge in [-0.25, -0.2) is 0 Å². The zero-order valence-electron chi connectivity index (χ0n) is 10.0. The van der Waals surface area contributed by atoms with Crippen LogP contribution in [0.3, 0.4) is 0 Å². The molecule has 0 unspecified atom stereocenters. The van der Waals surface area contributed by atoms with Gasteiger partial charge < -0.3 is 10.2 Å². The molecule has 0 atom stereocenters. The summed E-state index contributed by atoms with van der Waals surface area (Å²) < 4.78 is 1.22. The van der Waals surface area contributed by atoms with Crippen molar-refractivity contribution >= 4 is 21.6 Å². The molecule has 1 N–H and O–H groups in total. The standard InChI is InChI=1S/C11H13BrN2.C2H6/c12-10-5-8-1-3-14-4-2-13-7-9(6-10)11(8)14;1-2/h5-6,13H,1-4,7H2;1-2H3. The number of hydrogen-bond donors (Lipinski definition) is 1. The monoisotopic (exact) mass is 282 g/mol. The number of halogens is 1. The van der Waals surface area contributed by atoms with Crippen LogP contribution in [0.4, 0.5) is 5.69 Å². The molecule has 0 saturated carbocycles. The van der Waals surface area contributed by atoms with Gasteiger partial charge in [-0.05, 0) is 29.7 Å². The normalized spacial score (nSPS) is 17.3. The third kappa shape index (κ3) is 2.11. The van der Waals surface area contributed by atoms with Gasteiger partial charge in [0.05, 0.1) is 0 Å². The van der Waals surface area contributed by atoms with E-state index in [4.69, 9.17) is 0 Å². The summed E-state index contributed by atoms with van der Waals surface area (Å²) in [6, 6.07) is 4.51. The number of hydrogen-bond acceptors (Lipinski definition) is 2.